The van der Waals surface area contributed by atoms with Crippen molar-refractivity contribution in [1.29, 1.82) is 0 Å². The van der Waals surface area contributed by atoms with Crippen LogP contribution in [0, 0.1) is 0 Å². The Morgan fingerprint density at radius 3 is 2.31 bits per heavy atom. The van der Waals surface area contributed by atoms with Gasteiger partial charge in [-0.1, -0.05) is 29.3 Å². The van der Waals surface area contributed by atoms with Crippen LogP contribution in [0.25, 0.3) is 0 Å². The van der Waals surface area contributed by atoms with Crippen molar-refractivity contribution >= 4 is 35.6 Å². The standard InChI is InChI=1S/C8H10Cl2N2.ClH/c9-6-2-1-5(3-7(6)10)8(12)4-11;/h1-3,8H,4,11-12H2;1H/t8-;/m0./s1. The van der Waals surface area contributed by atoms with Crippen LogP contribution in [-0.2, 0) is 0 Å². The number of halogens is 3. The van der Waals surface area contributed by atoms with Gasteiger partial charge in [-0.2, -0.15) is 0 Å². The predicted octanol–water partition coefficient (Wildman–Crippen LogP) is 2.37. The second kappa shape index (κ2) is 5.68. The predicted molar refractivity (Wildman–Crippen MR) is 59.7 cm³/mol. The van der Waals surface area contributed by atoms with Gasteiger partial charge < -0.3 is 11.5 Å². The van der Waals surface area contributed by atoms with E-state index >= 15 is 0 Å². The molecule has 1 aromatic rings. The van der Waals surface area contributed by atoms with Crippen molar-refractivity contribution in [3.8, 4) is 0 Å². The summed E-state index contributed by atoms with van der Waals surface area (Å²) in [5.74, 6) is 0. The quantitative estimate of drug-likeness (QED) is 0.835. The van der Waals surface area contributed by atoms with Crippen molar-refractivity contribution in [2.45, 2.75) is 6.04 Å². The maximum Gasteiger partial charge on any atom is 0.0595 e. The van der Waals surface area contributed by atoms with Crippen molar-refractivity contribution in [1.82, 2.24) is 0 Å². The third kappa shape index (κ3) is 3.33. The molecule has 0 saturated carbocycles. The lowest BCUT2D eigenvalue weighted by Crippen LogP contribution is -2.20. The average molecular weight is 242 g/mol. The molecule has 0 spiro atoms. The molecule has 0 fully saturated rings. The molecule has 13 heavy (non-hydrogen) atoms. The lowest BCUT2D eigenvalue weighted by Gasteiger charge is -2.09. The van der Waals surface area contributed by atoms with Gasteiger partial charge in [0.1, 0.15) is 0 Å². The molecule has 1 aromatic carbocycles. The van der Waals surface area contributed by atoms with Crippen LogP contribution in [0.5, 0.6) is 0 Å². The normalized spacial score (nSPS) is 12.0. The minimum atomic E-state index is -0.167. The molecule has 0 aliphatic heterocycles. The molecule has 1 rings (SSSR count). The van der Waals surface area contributed by atoms with E-state index in [4.69, 9.17) is 34.7 Å². The number of hydrogen-bond donors (Lipinski definition) is 2. The largest absolute Gasteiger partial charge is 0.329 e. The van der Waals surface area contributed by atoms with Crippen LogP contribution >= 0.6 is 35.6 Å². The fraction of sp³-hybridized carbons (Fsp3) is 0.250. The highest BCUT2D eigenvalue weighted by atomic mass is 35.5. The lowest BCUT2D eigenvalue weighted by molar-refractivity contribution is 0.737. The maximum atomic E-state index is 5.79. The Balaban J connectivity index is 0.00000144. The van der Waals surface area contributed by atoms with Crippen LogP contribution in [0.15, 0.2) is 18.2 Å². The summed E-state index contributed by atoms with van der Waals surface area (Å²) in [4.78, 5) is 0. The van der Waals surface area contributed by atoms with Gasteiger partial charge in [-0.3, -0.25) is 0 Å². The Labute approximate surface area is 93.6 Å². The summed E-state index contributed by atoms with van der Waals surface area (Å²) in [5, 5.41) is 1.04. The van der Waals surface area contributed by atoms with E-state index in [-0.39, 0.29) is 18.4 Å². The highest BCUT2D eigenvalue weighted by molar-refractivity contribution is 6.42. The summed E-state index contributed by atoms with van der Waals surface area (Å²) in [7, 11) is 0. The smallest absolute Gasteiger partial charge is 0.0595 e. The van der Waals surface area contributed by atoms with Crippen LogP contribution in [0.2, 0.25) is 10.0 Å². The first-order valence-electron chi connectivity index (χ1n) is 3.55. The molecule has 1 atom stereocenters. The third-order valence-corrected chi connectivity index (χ3v) is 2.36. The van der Waals surface area contributed by atoms with Gasteiger partial charge in [0.15, 0.2) is 0 Å². The van der Waals surface area contributed by atoms with Crippen LogP contribution in [0.3, 0.4) is 0 Å². The van der Waals surface area contributed by atoms with Gasteiger partial charge in [-0.25, -0.2) is 0 Å². The molecule has 74 valence electrons. The number of hydrogen-bond acceptors (Lipinski definition) is 2. The molecular weight excluding hydrogens is 230 g/mol. The second-order valence-corrected chi connectivity index (χ2v) is 3.33. The highest BCUT2D eigenvalue weighted by Gasteiger charge is 2.05. The lowest BCUT2D eigenvalue weighted by atomic mass is 10.1. The molecule has 0 aliphatic rings. The van der Waals surface area contributed by atoms with Crippen molar-refractivity contribution < 1.29 is 0 Å². The van der Waals surface area contributed by atoms with E-state index in [0.717, 1.165) is 5.56 Å². The van der Waals surface area contributed by atoms with Gasteiger partial charge >= 0.3 is 0 Å². The zero-order chi connectivity index (χ0) is 9.14. The summed E-state index contributed by atoms with van der Waals surface area (Å²) >= 11 is 11.5. The fourth-order valence-corrected chi connectivity index (χ4v) is 1.19. The van der Waals surface area contributed by atoms with Gasteiger partial charge in [0.05, 0.1) is 10.0 Å². The van der Waals surface area contributed by atoms with E-state index in [1.165, 1.54) is 0 Å². The minimum Gasteiger partial charge on any atom is -0.329 e. The summed E-state index contributed by atoms with van der Waals surface area (Å²) in [5.41, 5.74) is 12.0. The van der Waals surface area contributed by atoms with Crippen molar-refractivity contribution in [3.05, 3.63) is 33.8 Å². The first-order chi connectivity index (χ1) is 5.65. The Bertz CT molecular complexity index is 278. The highest BCUT2D eigenvalue weighted by Crippen LogP contribution is 2.24. The molecule has 0 heterocycles. The molecule has 2 nitrogen and oxygen atoms in total. The van der Waals surface area contributed by atoms with E-state index in [0.29, 0.717) is 16.6 Å². The average Bonchev–Trinajstić information content (AvgIpc) is 2.08. The van der Waals surface area contributed by atoms with E-state index in [2.05, 4.69) is 0 Å². The second-order valence-electron chi connectivity index (χ2n) is 2.52. The zero-order valence-electron chi connectivity index (χ0n) is 6.84. The van der Waals surface area contributed by atoms with Gasteiger partial charge in [0.2, 0.25) is 0 Å². The van der Waals surface area contributed by atoms with Gasteiger partial charge in [-0.15, -0.1) is 12.4 Å². The first-order valence-corrected chi connectivity index (χ1v) is 4.31. The molecule has 0 bridgehead atoms. The molecule has 0 amide bonds. The Hall–Kier alpha value is 0.01000. The summed E-state index contributed by atoms with van der Waals surface area (Å²) in [6.45, 7) is 0.401. The first kappa shape index (κ1) is 13.0. The molecule has 0 aliphatic carbocycles. The molecule has 5 heteroatoms. The molecule has 0 saturated heterocycles. The number of rotatable bonds is 2. The van der Waals surface area contributed by atoms with Crippen molar-refractivity contribution in [3.63, 3.8) is 0 Å². The SMILES string of the molecule is Cl.NC[C@H](N)c1ccc(Cl)c(Cl)c1. The Morgan fingerprint density at radius 2 is 1.85 bits per heavy atom. The van der Waals surface area contributed by atoms with E-state index in [9.17, 15) is 0 Å². The Kier molecular flexibility index (Phi) is 5.68. The molecule has 0 radical (unpaired) electrons. The van der Waals surface area contributed by atoms with E-state index in [1.807, 2.05) is 6.07 Å². The van der Waals surface area contributed by atoms with Crippen molar-refractivity contribution in [2.24, 2.45) is 11.5 Å². The molecular formula is C8H11Cl3N2. The van der Waals surface area contributed by atoms with Crippen LogP contribution < -0.4 is 11.5 Å². The monoisotopic (exact) mass is 240 g/mol. The number of nitrogens with two attached hydrogens (primary N) is 2. The van der Waals surface area contributed by atoms with Crippen LogP contribution in [0.1, 0.15) is 11.6 Å². The Morgan fingerprint density at radius 1 is 1.23 bits per heavy atom. The van der Waals surface area contributed by atoms with Gasteiger partial charge in [-0.05, 0) is 17.7 Å². The zero-order valence-corrected chi connectivity index (χ0v) is 9.16. The van der Waals surface area contributed by atoms with Gasteiger partial charge in [0, 0.05) is 12.6 Å². The maximum absolute atomic E-state index is 5.79. The topological polar surface area (TPSA) is 52.0 Å². The van der Waals surface area contributed by atoms with Crippen molar-refractivity contribution in [2.75, 3.05) is 6.54 Å². The van der Waals surface area contributed by atoms with E-state index < -0.39 is 0 Å². The van der Waals surface area contributed by atoms with E-state index in [1.54, 1.807) is 12.1 Å². The summed E-state index contributed by atoms with van der Waals surface area (Å²) in [6, 6.07) is 5.11. The fourth-order valence-electron chi connectivity index (χ4n) is 0.879. The van der Waals surface area contributed by atoms with Crippen LogP contribution in [0.4, 0.5) is 0 Å². The van der Waals surface area contributed by atoms with Gasteiger partial charge in [0.25, 0.3) is 0 Å². The molecule has 0 unspecified atom stereocenters. The van der Waals surface area contributed by atoms with Crippen LogP contribution in [-0.4, -0.2) is 6.54 Å². The molecule has 0 aromatic heterocycles. The molecule has 4 N–H and O–H groups in total. The third-order valence-electron chi connectivity index (χ3n) is 1.63. The number of benzene rings is 1. The minimum absolute atomic E-state index is 0. The summed E-state index contributed by atoms with van der Waals surface area (Å²) < 4.78 is 0. The summed E-state index contributed by atoms with van der Waals surface area (Å²) in [6.07, 6.45) is 0.